The van der Waals surface area contributed by atoms with Gasteiger partial charge >= 0.3 is 6.18 Å². The predicted octanol–water partition coefficient (Wildman–Crippen LogP) is 4.39. The number of rotatable bonds is 3. The smallest absolute Gasteiger partial charge is 0.381 e. The first-order chi connectivity index (χ1) is 13.4. The maximum Gasteiger partial charge on any atom is 0.416 e. The second-order valence-electron chi connectivity index (χ2n) is 7.51. The Hall–Kier alpha value is -2.28. The van der Waals surface area contributed by atoms with Gasteiger partial charge < -0.3 is 10.2 Å². The highest BCUT2D eigenvalue weighted by atomic mass is 19.4. The molecule has 2 aromatic carbocycles. The molecule has 1 saturated heterocycles. The zero-order valence-corrected chi connectivity index (χ0v) is 15.5. The Kier molecular flexibility index (Phi) is 5.19. The van der Waals surface area contributed by atoms with Crippen molar-refractivity contribution in [3.8, 4) is 0 Å². The summed E-state index contributed by atoms with van der Waals surface area (Å²) in [7, 11) is 0. The molecule has 3 nitrogen and oxygen atoms in total. The number of fused-ring (bicyclic) bond motifs is 1. The molecule has 7 heteroatoms. The summed E-state index contributed by atoms with van der Waals surface area (Å²) in [6, 6.07) is 10.8. The van der Waals surface area contributed by atoms with Gasteiger partial charge in [-0.3, -0.25) is 4.90 Å². The van der Waals surface area contributed by atoms with E-state index in [1.165, 1.54) is 18.2 Å². The van der Waals surface area contributed by atoms with Crippen LogP contribution in [0.25, 0.3) is 0 Å². The Morgan fingerprint density at radius 3 is 2.36 bits per heavy atom. The van der Waals surface area contributed by atoms with Gasteiger partial charge in [0.15, 0.2) is 0 Å². The van der Waals surface area contributed by atoms with E-state index < -0.39 is 11.7 Å². The van der Waals surface area contributed by atoms with Crippen LogP contribution in [0.15, 0.2) is 42.5 Å². The van der Waals surface area contributed by atoms with E-state index in [9.17, 15) is 17.6 Å². The lowest BCUT2D eigenvalue weighted by atomic mass is 9.95. The minimum absolute atomic E-state index is 0.228. The topological polar surface area (TPSA) is 18.5 Å². The molecular formula is C21H23F4N3. The molecule has 150 valence electrons. The van der Waals surface area contributed by atoms with E-state index in [0.717, 1.165) is 62.1 Å². The van der Waals surface area contributed by atoms with Gasteiger partial charge in [0.1, 0.15) is 5.82 Å². The summed E-state index contributed by atoms with van der Waals surface area (Å²) in [6.07, 6.45) is -2.81. The fourth-order valence-corrected chi connectivity index (χ4v) is 4.03. The summed E-state index contributed by atoms with van der Waals surface area (Å²) in [4.78, 5) is 4.63. The number of alkyl halides is 3. The van der Waals surface area contributed by atoms with Crippen molar-refractivity contribution in [1.82, 2.24) is 4.90 Å². The van der Waals surface area contributed by atoms with Crippen LogP contribution in [0.3, 0.4) is 0 Å². The molecule has 0 spiro atoms. The fraction of sp³-hybridized carbons (Fsp3) is 0.429. The number of nitrogens with one attached hydrogen (secondary N) is 1. The highest BCUT2D eigenvalue weighted by Crippen LogP contribution is 2.34. The van der Waals surface area contributed by atoms with Crippen LogP contribution < -0.4 is 10.2 Å². The van der Waals surface area contributed by atoms with Crippen molar-refractivity contribution < 1.29 is 17.6 Å². The van der Waals surface area contributed by atoms with Crippen molar-refractivity contribution in [2.24, 2.45) is 0 Å². The lowest BCUT2D eigenvalue weighted by molar-refractivity contribution is -0.137. The molecule has 2 aromatic rings. The molecular weight excluding hydrogens is 370 g/mol. The molecule has 1 fully saturated rings. The summed E-state index contributed by atoms with van der Waals surface area (Å²) in [6.45, 7) is 4.45. The van der Waals surface area contributed by atoms with Gasteiger partial charge in [0.05, 0.1) is 5.56 Å². The van der Waals surface area contributed by atoms with Gasteiger partial charge in [0, 0.05) is 50.1 Å². The van der Waals surface area contributed by atoms with Crippen molar-refractivity contribution in [1.29, 1.82) is 0 Å². The van der Waals surface area contributed by atoms with E-state index in [4.69, 9.17) is 0 Å². The van der Waals surface area contributed by atoms with Crippen molar-refractivity contribution >= 4 is 11.4 Å². The largest absolute Gasteiger partial charge is 0.416 e. The first kappa shape index (κ1) is 19.1. The summed E-state index contributed by atoms with van der Waals surface area (Å²) in [5.41, 5.74) is 2.01. The van der Waals surface area contributed by atoms with Gasteiger partial charge in [-0.1, -0.05) is 0 Å². The first-order valence-corrected chi connectivity index (χ1v) is 9.58. The van der Waals surface area contributed by atoms with Gasteiger partial charge in [0.25, 0.3) is 0 Å². The van der Waals surface area contributed by atoms with Crippen molar-refractivity contribution in [3.63, 3.8) is 0 Å². The van der Waals surface area contributed by atoms with E-state index in [1.807, 2.05) is 0 Å². The fourth-order valence-electron chi connectivity index (χ4n) is 4.03. The van der Waals surface area contributed by atoms with Gasteiger partial charge in [-0.2, -0.15) is 13.2 Å². The average molecular weight is 393 g/mol. The summed E-state index contributed by atoms with van der Waals surface area (Å²) in [5.74, 6) is -0.228. The second-order valence-corrected chi connectivity index (χ2v) is 7.51. The number of hydrogen-bond acceptors (Lipinski definition) is 3. The van der Waals surface area contributed by atoms with Crippen molar-refractivity contribution in [3.05, 3.63) is 59.4 Å². The molecule has 2 aliphatic heterocycles. The maximum absolute atomic E-state index is 13.1. The van der Waals surface area contributed by atoms with Crippen LogP contribution in [0.4, 0.5) is 28.9 Å². The highest BCUT2D eigenvalue weighted by molar-refractivity contribution is 5.55. The quantitative estimate of drug-likeness (QED) is 0.781. The van der Waals surface area contributed by atoms with E-state index >= 15 is 0 Å². The minimum Gasteiger partial charge on any atom is -0.381 e. The lowest BCUT2D eigenvalue weighted by Gasteiger charge is -2.39. The number of halogens is 4. The van der Waals surface area contributed by atoms with Gasteiger partial charge in [-0.25, -0.2) is 4.39 Å². The van der Waals surface area contributed by atoms with Crippen LogP contribution in [0.5, 0.6) is 0 Å². The normalized spacial score (nSPS) is 20.6. The highest BCUT2D eigenvalue weighted by Gasteiger charge is 2.32. The number of benzene rings is 2. The Morgan fingerprint density at radius 1 is 0.964 bits per heavy atom. The Balaban J connectivity index is 1.31. The molecule has 0 amide bonds. The predicted molar refractivity (Wildman–Crippen MR) is 102 cm³/mol. The number of nitrogens with zero attached hydrogens (tertiary/aromatic N) is 2. The second kappa shape index (κ2) is 7.62. The third-order valence-corrected chi connectivity index (χ3v) is 5.60. The van der Waals surface area contributed by atoms with Crippen LogP contribution in [-0.4, -0.2) is 43.7 Å². The third kappa shape index (κ3) is 4.24. The molecule has 0 bridgehead atoms. The molecule has 2 heterocycles. The molecule has 2 aliphatic rings. The molecule has 1 N–H and O–H groups in total. The van der Waals surface area contributed by atoms with E-state index in [2.05, 4.69) is 15.1 Å². The van der Waals surface area contributed by atoms with Crippen LogP contribution in [0.1, 0.15) is 17.5 Å². The summed E-state index contributed by atoms with van der Waals surface area (Å²) < 4.78 is 51.7. The Bertz CT molecular complexity index is 811. The molecule has 0 aliphatic carbocycles. The number of aryl methyl sites for hydroxylation is 1. The maximum atomic E-state index is 13.1. The zero-order valence-electron chi connectivity index (χ0n) is 15.5. The Morgan fingerprint density at radius 2 is 1.68 bits per heavy atom. The number of anilines is 2. The van der Waals surface area contributed by atoms with Gasteiger partial charge in [-0.15, -0.1) is 0 Å². The minimum atomic E-state index is -4.30. The Labute approximate surface area is 161 Å². The van der Waals surface area contributed by atoms with E-state index in [-0.39, 0.29) is 11.9 Å². The monoisotopic (exact) mass is 393 g/mol. The summed E-state index contributed by atoms with van der Waals surface area (Å²) in [5, 5.41) is 3.41. The van der Waals surface area contributed by atoms with Crippen molar-refractivity contribution in [2.75, 3.05) is 42.9 Å². The van der Waals surface area contributed by atoms with Crippen LogP contribution in [-0.2, 0) is 12.6 Å². The van der Waals surface area contributed by atoms with Gasteiger partial charge in [0.2, 0.25) is 0 Å². The van der Waals surface area contributed by atoms with E-state index in [1.54, 1.807) is 18.2 Å². The van der Waals surface area contributed by atoms with Crippen LogP contribution >= 0.6 is 0 Å². The average Bonchev–Trinajstić information content (AvgIpc) is 2.68. The molecule has 1 atom stereocenters. The van der Waals surface area contributed by atoms with Gasteiger partial charge in [-0.05, 0) is 60.9 Å². The third-order valence-electron chi connectivity index (χ3n) is 5.60. The van der Waals surface area contributed by atoms with E-state index in [0.29, 0.717) is 6.42 Å². The number of hydrogen-bond donors (Lipinski definition) is 1. The molecule has 1 unspecified atom stereocenters. The molecule has 4 rings (SSSR count). The molecule has 0 saturated carbocycles. The van der Waals surface area contributed by atoms with Crippen LogP contribution in [0.2, 0.25) is 0 Å². The first-order valence-electron chi connectivity index (χ1n) is 9.58. The zero-order chi connectivity index (χ0) is 19.7. The molecule has 0 aromatic heterocycles. The molecule has 28 heavy (non-hydrogen) atoms. The summed E-state index contributed by atoms with van der Waals surface area (Å²) >= 11 is 0. The molecule has 0 radical (unpaired) electrons. The van der Waals surface area contributed by atoms with Crippen molar-refractivity contribution in [2.45, 2.75) is 25.1 Å². The SMILES string of the molecule is Fc1ccc(N2CCN(CC3CCc4cc(C(F)(F)F)ccc4N3)CC2)cc1. The van der Waals surface area contributed by atoms with Crippen LogP contribution in [0, 0.1) is 5.82 Å². The number of piperazine rings is 1. The lowest BCUT2D eigenvalue weighted by Crippen LogP contribution is -2.50. The standard InChI is InChI=1S/C21H23F4N3/c22-17-3-6-19(7-4-17)28-11-9-27(10-12-28)14-18-5-1-15-13-16(21(23,24)25)2-8-20(15)26-18/h2-4,6-8,13,18,26H,1,5,9-12,14H2.